The van der Waals surface area contributed by atoms with E-state index in [4.69, 9.17) is 0 Å². The van der Waals surface area contributed by atoms with Crippen molar-refractivity contribution < 1.29 is 4.79 Å². The zero-order chi connectivity index (χ0) is 12.3. The minimum absolute atomic E-state index is 0.0204. The summed E-state index contributed by atoms with van der Waals surface area (Å²) in [6.07, 6.45) is 2.02. The van der Waals surface area contributed by atoms with Crippen molar-refractivity contribution in [3.63, 3.8) is 0 Å². The predicted molar refractivity (Wildman–Crippen MR) is 70.9 cm³/mol. The Morgan fingerprint density at radius 3 is 3.00 bits per heavy atom. The highest BCUT2D eigenvalue weighted by Crippen LogP contribution is 2.20. The van der Waals surface area contributed by atoms with Crippen molar-refractivity contribution in [3.05, 3.63) is 24.3 Å². The molecular weight excluding hydrogens is 234 g/mol. The summed E-state index contributed by atoms with van der Waals surface area (Å²) in [5, 5.41) is 2.96. The molecule has 1 saturated heterocycles. The van der Waals surface area contributed by atoms with Crippen LogP contribution >= 0.6 is 11.8 Å². The quantitative estimate of drug-likeness (QED) is 0.712. The van der Waals surface area contributed by atoms with Gasteiger partial charge in [0.25, 0.3) is 0 Å². The first-order valence-electron chi connectivity index (χ1n) is 5.64. The van der Waals surface area contributed by atoms with Crippen LogP contribution in [0.4, 0.5) is 5.69 Å². The summed E-state index contributed by atoms with van der Waals surface area (Å²) in [6, 6.07) is 8.05. The van der Waals surface area contributed by atoms with Gasteiger partial charge in [-0.2, -0.15) is 0 Å². The van der Waals surface area contributed by atoms with Gasteiger partial charge in [-0.05, 0) is 31.4 Å². The summed E-state index contributed by atoms with van der Waals surface area (Å²) >= 11 is 1.67. The lowest BCUT2D eigenvalue weighted by molar-refractivity contribution is -0.119. The van der Waals surface area contributed by atoms with Crippen LogP contribution in [0.1, 0.15) is 6.92 Å². The second-order valence-electron chi connectivity index (χ2n) is 4.14. The second kappa shape index (κ2) is 5.53. The topological polar surface area (TPSA) is 53.2 Å². The molecule has 4 nitrogen and oxygen atoms in total. The number of benzene rings is 1. The monoisotopic (exact) mass is 251 g/mol. The van der Waals surface area contributed by atoms with E-state index in [1.165, 1.54) is 0 Å². The van der Waals surface area contributed by atoms with Gasteiger partial charge in [-0.3, -0.25) is 15.6 Å². The highest BCUT2D eigenvalue weighted by Gasteiger charge is 2.29. The first-order valence-corrected chi connectivity index (χ1v) is 6.86. The molecule has 1 aromatic carbocycles. The number of hydrazine groups is 1. The van der Waals surface area contributed by atoms with Crippen molar-refractivity contribution in [3.8, 4) is 0 Å². The molecule has 0 bridgehead atoms. The molecule has 5 heteroatoms. The Morgan fingerprint density at radius 2 is 2.35 bits per heavy atom. The van der Waals surface area contributed by atoms with Crippen LogP contribution in [0.3, 0.4) is 0 Å². The van der Waals surface area contributed by atoms with E-state index in [9.17, 15) is 4.79 Å². The Morgan fingerprint density at radius 1 is 1.53 bits per heavy atom. The number of carbonyl (C=O) groups is 1. The van der Waals surface area contributed by atoms with E-state index in [0.717, 1.165) is 10.6 Å². The van der Waals surface area contributed by atoms with Crippen LogP contribution in [0.25, 0.3) is 0 Å². The standard InChI is InChI=1S/C12H17N3OS/c1-8-11(7-13-15-8)12(16)14-9-4-3-5-10(6-9)17-2/h3-6,8,11,13,15H,7H2,1-2H3,(H,14,16). The molecule has 1 aromatic rings. The minimum atomic E-state index is -0.0204. The lowest BCUT2D eigenvalue weighted by atomic mass is 10.0. The second-order valence-corrected chi connectivity index (χ2v) is 5.02. The average molecular weight is 251 g/mol. The van der Waals surface area contributed by atoms with Crippen LogP contribution in [-0.2, 0) is 4.79 Å². The third kappa shape index (κ3) is 3.00. The van der Waals surface area contributed by atoms with Crippen molar-refractivity contribution in [2.75, 3.05) is 18.1 Å². The Kier molecular flexibility index (Phi) is 4.04. The Hall–Kier alpha value is -1.04. The summed E-state index contributed by atoms with van der Waals surface area (Å²) in [4.78, 5) is 13.2. The number of anilines is 1. The van der Waals surface area contributed by atoms with E-state index in [-0.39, 0.29) is 17.9 Å². The lowest BCUT2D eigenvalue weighted by Gasteiger charge is -2.14. The largest absolute Gasteiger partial charge is 0.326 e. The Balaban J connectivity index is 2.02. The first-order chi connectivity index (χ1) is 8.20. The van der Waals surface area contributed by atoms with Crippen LogP contribution in [0.5, 0.6) is 0 Å². The fraction of sp³-hybridized carbons (Fsp3) is 0.417. The number of amides is 1. The molecule has 17 heavy (non-hydrogen) atoms. The van der Waals surface area contributed by atoms with Gasteiger partial charge in [0.2, 0.25) is 5.91 Å². The van der Waals surface area contributed by atoms with Gasteiger partial charge < -0.3 is 5.32 Å². The molecule has 1 aliphatic rings. The maximum absolute atomic E-state index is 12.0. The predicted octanol–water partition coefficient (Wildman–Crippen LogP) is 1.46. The van der Waals surface area contributed by atoms with Gasteiger partial charge >= 0.3 is 0 Å². The zero-order valence-electron chi connectivity index (χ0n) is 9.99. The van der Waals surface area contributed by atoms with Crippen LogP contribution in [0.2, 0.25) is 0 Å². The number of rotatable bonds is 3. The smallest absolute Gasteiger partial charge is 0.230 e. The fourth-order valence-electron chi connectivity index (χ4n) is 1.86. The third-order valence-corrected chi connectivity index (χ3v) is 3.65. The molecule has 2 unspecified atom stereocenters. The molecule has 2 atom stereocenters. The van der Waals surface area contributed by atoms with Crippen molar-refractivity contribution in [1.82, 2.24) is 10.9 Å². The summed E-state index contributed by atoms with van der Waals surface area (Å²) in [7, 11) is 0. The average Bonchev–Trinajstić information content (AvgIpc) is 2.76. The van der Waals surface area contributed by atoms with E-state index in [2.05, 4.69) is 16.2 Å². The van der Waals surface area contributed by atoms with E-state index in [0.29, 0.717) is 6.54 Å². The van der Waals surface area contributed by atoms with Crippen molar-refractivity contribution >= 4 is 23.4 Å². The van der Waals surface area contributed by atoms with Gasteiger partial charge in [-0.15, -0.1) is 11.8 Å². The van der Waals surface area contributed by atoms with E-state index < -0.39 is 0 Å². The lowest BCUT2D eigenvalue weighted by Crippen LogP contribution is -2.33. The van der Waals surface area contributed by atoms with Crippen LogP contribution in [-0.4, -0.2) is 24.7 Å². The molecule has 0 aliphatic carbocycles. The van der Waals surface area contributed by atoms with Gasteiger partial charge in [0, 0.05) is 23.2 Å². The normalized spacial score (nSPS) is 23.6. The number of hydrogen-bond acceptors (Lipinski definition) is 4. The molecule has 0 saturated carbocycles. The van der Waals surface area contributed by atoms with Crippen LogP contribution in [0, 0.1) is 5.92 Å². The van der Waals surface area contributed by atoms with Crippen molar-refractivity contribution in [1.29, 1.82) is 0 Å². The van der Waals surface area contributed by atoms with Crippen LogP contribution in [0.15, 0.2) is 29.2 Å². The molecule has 1 aliphatic heterocycles. The maximum Gasteiger partial charge on any atom is 0.230 e. The highest BCUT2D eigenvalue weighted by molar-refractivity contribution is 7.98. The number of thioether (sulfide) groups is 1. The molecule has 1 amide bonds. The third-order valence-electron chi connectivity index (χ3n) is 2.93. The highest BCUT2D eigenvalue weighted by atomic mass is 32.2. The minimum Gasteiger partial charge on any atom is -0.326 e. The SMILES string of the molecule is CSc1cccc(NC(=O)C2CNNC2C)c1. The van der Waals surface area contributed by atoms with Gasteiger partial charge in [-0.25, -0.2) is 0 Å². The number of carbonyl (C=O) groups excluding carboxylic acids is 1. The maximum atomic E-state index is 12.0. The summed E-state index contributed by atoms with van der Waals surface area (Å²) in [5.74, 6) is 0.0428. The molecule has 2 rings (SSSR count). The summed E-state index contributed by atoms with van der Waals surface area (Å²) in [5.41, 5.74) is 6.90. The van der Waals surface area contributed by atoms with Crippen molar-refractivity contribution in [2.45, 2.75) is 17.9 Å². The molecule has 92 valence electrons. The summed E-state index contributed by atoms with van der Waals surface area (Å²) in [6.45, 7) is 2.68. The molecule has 3 N–H and O–H groups in total. The molecule has 1 fully saturated rings. The van der Waals surface area contributed by atoms with Gasteiger partial charge in [0.15, 0.2) is 0 Å². The van der Waals surface area contributed by atoms with Gasteiger partial charge in [0.1, 0.15) is 0 Å². The Bertz CT molecular complexity index is 410. The van der Waals surface area contributed by atoms with Gasteiger partial charge in [0.05, 0.1) is 5.92 Å². The molecule has 0 radical (unpaired) electrons. The zero-order valence-corrected chi connectivity index (χ0v) is 10.8. The molecule has 0 spiro atoms. The van der Waals surface area contributed by atoms with Crippen molar-refractivity contribution in [2.24, 2.45) is 5.92 Å². The summed E-state index contributed by atoms with van der Waals surface area (Å²) < 4.78 is 0. The van der Waals surface area contributed by atoms with E-state index in [1.54, 1.807) is 11.8 Å². The fourth-order valence-corrected chi connectivity index (χ4v) is 2.32. The van der Waals surface area contributed by atoms with E-state index in [1.807, 2.05) is 37.4 Å². The van der Waals surface area contributed by atoms with Crippen LogP contribution < -0.4 is 16.2 Å². The van der Waals surface area contributed by atoms with Gasteiger partial charge in [-0.1, -0.05) is 6.07 Å². The molecular formula is C12H17N3OS. The Labute approximate surface area is 106 Å². The molecule has 0 aromatic heterocycles. The number of nitrogens with one attached hydrogen (secondary N) is 3. The number of hydrogen-bond donors (Lipinski definition) is 3. The first kappa shape index (κ1) is 12.4. The molecule has 1 heterocycles. The van der Waals surface area contributed by atoms with E-state index >= 15 is 0 Å².